The van der Waals surface area contributed by atoms with Gasteiger partial charge in [0.25, 0.3) is 6.71 Å². The third kappa shape index (κ3) is 1.99. The summed E-state index contributed by atoms with van der Waals surface area (Å²) in [4.78, 5) is 5.66. The number of nitrogens with zero attached hydrogens (tertiary/aromatic N) is 1. The van der Waals surface area contributed by atoms with Gasteiger partial charge in [0.2, 0.25) is 0 Å². The Morgan fingerprint density at radius 1 is 0.543 bits per heavy atom. The average Bonchev–Trinajstić information content (AvgIpc) is 3.44. The molecule has 2 aromatic heterocycles. The molecule has 35 heavy (non-hydrogen) atoms. The lowest BCUT2D eigenvalue weighted by atomic mass is 9.35. The Balaban J connectivity index is 1.50. The highest BCUT2D eigenvalue weighted by Gasteiger charge is 2.44. The normalized spacial score (nSPS) is 14.6. The molecule has 0 atom stereocenters. The molecule has 10 rings (SSSR count). The van der Waals surface area contributed by atoms with E-state index in [0.717, 1.165) is 0 Å². The van der Waals surface area contributed by atoms with Crippen LogP contribution in [0.4, 0.5) is 0 Å². The summed E-state index contributed by atoms with van der Waals surface area (Å²) in [6.07, 6.45) is 0. The van der Waals surface area contributed by atoms with Crippen LogP contribution in [0, 0.1) is 0 Å². The molecule has 0 amide bonds. The van der Waals surface area contributed by atoms with Gasteiger partial charge in [-0.05, 0) is 64.9 Å². The first kappa shape index (κ1) is 18.2. The summed E-state index contributed by atoms with van der Waals surface area (Å²) in [6.45, 7) is 0.320. The van der Waals surface area contributed by atoms with E-state index in [-0.39, 0.29) is 0 Å². The molecule has 1 nitrogen and oxygen atoms in total. The highest BCUT2D eigenvalue weighted by atomic mass is 32.2. The molecule has 7 aromatic rings. The van der Waals surface area contributed by atoms with Gasteiger partial charge in [-0.3, -0.25) is 0 Å². The van der Waals surface area contributed by atoms with E-state index in [2.05, 4.69) is 89.5 Å². The maximum absolute atomic E-state index is 2.59. The third-order valence-corrected chi connectivity index (χ3v) is 11.5. The van der Waals surface area contributed by atoms with Crippen molar-refractivity contribution in [2.75, 3.05) is 0 Å². The van der Waals surface area contributed by atoms with Gasteiger partial charge in [-0.2, -0.15) is 0 Å². The van der Waals surface area contributed by atoms with Crippen LogP contribution < -0.4 is 16.4 Å². The summed E-state index contributed by atoms with van der Waals surface area (Å²) in [5.74, 6) is 0. The number of rotatable bonds is 0. The molecule has 0 saturated carbocycles. The van der Waals surface area contributed by atoms with Gasteiger partial charge in [-0.25, -0.2) is 0 Å². The Kier molecular flexibility index (Phi) is 3.11. The molecule has 0 bridgehead atoms. The third-order valence-electron chi connectivity index (χ3n) is 8.05. The summed E-state index contributed by atoms with van der Waals surface area (Å²) >= 11 is 5.81. The van der Waals surface area contributed by atoms with Crippen molar-refractivity contribution in [1.29, 1.82) is 0 Å². The SMILES string of the molecule is c1cc2c3c(c1)Sc1ccc4c5c6c(ccc5n5c4c1B3c1c(cccc1-5)S2)sc1ccccc16. The molecule has 0 spiro atoms. The maximum atomic E-state index is 2.59. The van der Waals surface area contributed by atoms with Crippen molar-refractivity contribution in [1.82, 2.24) is 4.57 Å². The van der Waals surface area contributed by atoms with E-state index in [9.17, 15) is 0 Å². The predicted molar refractivity (Wildman–Crippen MR) is 153 cm³/mol. The lowest BCUT2D eigenvalue weighted by molar-refractivity contribution is 1.16. The topological polar surface area (TPSA) is 4.93 Å². The minimum absolute atomic E-state index is 0.320. The molecule has 0 N–H and O–H groups in total. The monoisotopic (exact) mass is 495 g/mol. The number of benzene rings is 5. The lowest BCUT2D eigenvalue weighted by Gasteiger charge is -2.37. The molecule has 5 heterocycles. The zero-order valence-electron chi connectivity index (χ0n) is 18.3. The second-order valence-corrected chi connectivity index (χ2v) is 12.9. The molecule has 3 aliphatic heterocycles. The summed E-state index contributed by atoms with van der Waals surface area (Å²) in [7, 11) is 0. The van der Waals surface area contributed by atoms with Gasteiger partial charge in [-0.15, -0.1) is 11.3 Å². The van der Waals surface area contributed by atoms with Crippen LogP contribution in [0.15, 0.2) is 105 Å². The van der Waals surface area contributed by atoms with Gasteiger partial charge in [0.1, 0.15) is 0 Å². The quantitative estimate of drug-likeness (QED) is 0.211. The standard InChI is InChI=1S/C30H14BNS3/c1-2-7-19-15(5-1)26-20(33-19)14-12-17-25(26)16-11-13-24-29-30(16)32(17)18-6-3-8-21-27(18)31(29)28-22(34-21)9-4-10-23(28)35-24/h1-14H. The zero-order chi connectivity index (χ0) is 22.4. The molecule has 0 saturated heterocycles. The van der Waals surface area contributed by atoms with E-state index in [4.69, 9.17) is 0 Å². The van der Waals surface area contributed by atoms with Gasteiger partial charge in [-0.1, -0.05) is 59.9 Å². The fourth-order valence-electron chi connectivity index (χ4n) is 6.80. The van der Waals surface area contributed by atoms with Crippen molar-refractivity contribution < 1.29 is 0 Å². The highest BCUT2D eigenvalue weighted by molar-refractivity contribution is 8.01. The number of hydrogen-bond donors (Lipinski definition) is 0. The molecule has 0 aliphatic carbocycles. The predicted octanol–water partition coefficient (Wildman–Crippen LogP) is 6.91. The van der Waals surface area contributed by atoms with Crippen LogP contribution in [0.25, 0.3) is 47.7 Å². The average molecular weight is 495 g/mol. The van der Waals surface area contributed by atoms with E-state index in [1.54, 1.807) is 0 Å². The van der Waals surface area contributed by atoms with Crippen LogP contribution in [-0.2, 0) is 0 Å². The van der Waals surface area contributed by atoms with Crippen LogP contribution >= 0.6 is 34.9 Å². The van der Waals surface area contributed by atoms with Gasteiger partial charge in [0.15, 0.2) is 0 Å². The van der Waals surface area contributed by atoms with Crippen LogP contribution in [0.3, 0.4) is 0 Å². The molecular weight excluding hydrogens is 481 g/mol. The summed E-state index contributed by atoms with van der Waals surface area (Å²) in [5, 5.41) is 5.59. The molecule has 5 aromatic carbocycles. The Bertz CT molecular complexity index is 2120. The van der Waals surface area contributed by atoms with Gasteiger partial charge < -0.3 is 4.57 Å². The Morgan fingerprint density at radius 3 is 2.20 bits per heavy atom. The molecule has 0 fully saturated rings. The van der Waals surface area contributed by atoms with Crippen LogP contribution in [0.5, 0.6) is 0 Å². The number of hydrogen-bond acceptors (Lipinski definition) is 3. The highest BCUT2D eigenvalue weighted by Crippen LogP contribution is 2.47. The Hall–Kier alpha value is -3.12. The van der Waals surface area contributed by atoms with E-state index < -0.39 is 0 Å². The smallest absolute Gasteiger partial charge is 0.252 e. The fourth-order valence-corrected chi connectivity index (χ4v) is 10.4. The van der Waals surface area contributed by atoms with E-state index in [1.807, 2.05) is 34.9 Å². The van der Waals surface area contributed by atoms with E-state index in [0.29, 0.717) is 6.71 Å². The molecular formula is C30H14BNS3. The minimum atomic E-state index is 0.320. The van der Waals surface area contributed by atoms with E-state index in [1.165, 1.54) is 83.6 Å². The van der Waals surface area contributed by atoms with Gasteiger partial charge in [0, 0.05) is 56.2 Å². The van der Waals surface area contributed by atoms with E-state index >= 15 is 0 Å². The van der Waals surface area contributed by atoms with Crippen LogP contribution in [-0.4, -0.2) is 11.3 Å². The van der Waals surface area contributed by atoms with Crippen LogP contribution in [0.1, 0.15) is 0 Å². The van der Waals surface area contributed by atoms with Crippen molar-refractivity contribution >= 4 is 99.9 Å². The number of thiophene rings is 1. The second kappa shape index (κ2) is 5.99. The molecule has 5 heteroatoms. The first-order valence-electron chi connectivity index (χ1n) is 11.9. The van der Waals surface area contributed by atoms with Gasteiger partial charge in [0.05, 0.1) is 11.0 Å². The Morgan fingerprint density at radius 2 is 1.31 bits per heavy atom. The first-order valence-corrected chi connectivity index (χ1v) is 14.3. The number of fused-ring (bicyclic) bond motifs is 8. The van der Waals surface area contributed by atoms with Crippen molar-refractivity contribution in [3.8, 4) is 5.69 Å². The van der Waals surface area contributed by atoms with Crippen molar-refractivity contribution in [2.45, 2.75) is 19.6 Å². The molecule has 0 unspecified atom stereocenters. The maximum Gasteiger partial charge on any atom is 0.252 e. The molecule has 160 valence electrons. The van der Waals surface area contributed by atoms with Crippen molar-refractivity contribution in [2.24, 2.45) is 0 Å². The van der Waals surface area contributed by atoms with Crippen LogP contribution in [0.2, 0.25) is 0 Å². The summed E-state index contributed by atoms with van der Waals surface area (Å²) in [5.41, 5.74) is 8.62. The second-order valence-electron chi connectivity index (χ2n) is 9.63. The van der Waals surface area contributed by atoms with Crippen molar-refractivity contribution in [3.63, 3.8) is 0 Å². The summed E-state index contributed by atoms with van der Waals surface area (Å²) < 4.78 is 5.33. The first-order chi connectivity index (χ1) is 17.4. The number of aromatic nitrogens is 1. The zero-order valence-corrected chi connectivity index (χ0v) is 20.8. The lowest BCUT2D eigenvalue weighted by Crippen LogP contribution is -2.61. The molecule has 0 radical (unpaired) electrons. The fraction of sp³-hybridized carbons (Fsp3) is 0. The summed E-state index contributed by atoms with van der Waals surface area (Å²) in [6, 6.07) is 32.2. The Labute approximate surface area is 213 Å². The molecule has 3 aliphatic rings. The van der Waals surface area contributed by atoms with Gasteiger partial charge >= 0.3 is 0 Å². The largest absolute Gasteiger partial charge is 0.310 e. The minimum Gasteiger partial charge on any atom is -0.310 e. The van der Waals surface area contributed by atoms with Crippen molar-refractivity contribution in [3.05, 3.63) is 84.9 Å².